The molecule has 0 unspecified atom stereocenters. The van der Waals surface area contributed by atoms with Gasteiger partial charge in [0.25, 0.3) is 11.8 Å². The van der Waals surface area contributed by atoms with E-state index in [4.69, 9.17) is 5.11 Å². The first-order valence-electron chi connectivity index (χ1n) is 7.66. The fourth-order valence-electron chi connectivity index (χ4n) is 2.29. The van der Waals surface area contributed by atoms with E-state index in [0.717, 1.165) is 12.2 Å². The number of carbonyl (C=O) groups is 2. The molecule has 4 heteroatoms. The van der Waals surface area contributed by atoms with Gasteiger partial charge in [-0.2, -0.15) is 0 Å². The van der Waals surface area contributed by atoms with Crippen molar-refractivity contribution in [2.75, 3.05) is 0 Å². The summed E-state index contributed by atoms with van der Waals surface area (Å²) in [5.41, 5.74) is 1.04. The van der Waals surface area contributed by atoms with E-state index in [2.05, 4.69) is 13.5 Å². The lowest BCUT2D eigenvalue weighted by Crippen LogP contribution is -2.35. The number of rotatable bonds is 1. The Balaban J connectivity index is 0.000000250. The minimum atomic E-state index is -0.180. The van der Waals surface area contributed by atoms with Crippen molar-refractivity contribution in [2.24, 2.45) is 5.92 Å². The van der Waals surface area contributed by atoms with E-state index in [9.17, 15) is 9.59 Å². The zero-order chi connectivity index (χ0) is 16.7. The van der Waals surface area contributed by atoms with Gasteiger partial charge in [0.2, 0.25) is 0 Å². The SMILES string of the molecule is C=CO.CC(C)N1C(=O)c2ccccc2C1=O.CC1CCC1. The number of hydrogen-bond donors (Lipinski definition) is 1. The van der Waals surface area contributed by atoms with Crippen molar-refractivity contribution >= 4 is 11.8 Å². The molecule has 2 aliphatic rings. The van der Waals surface area contributed by atoms with Gasteiger partial charge in [-0.1, -0.05) is 44.9 Å². The zero-order valence-corrected chi connectivity index (χ0v) is 13.6. The molecule has 1 aromatic rings. The molecular formula is C18H25NO3. The lowest BCUT2D eigenvalue weighted by molar-refractivity contribution is 0.0609. The van der Waals surface area contributed by atoms with Crippen LogP contribution < -0.4 is 0 Å². The number of carbonyl (C=O) groups excluding carboxylic acids is 2. The second-order valence-corrected chi connectivity index (χ2v) is 5.84. The van der Waals surface area contributed by atoms with Crippen LogP contribution in [-0.4, -0.2) is 27.9 Å². The monoisotopic (exact) mass is 303 g/mol. The molecular weight excluding hydrogens is 278 g/mol. The Bertz CT molecular complexity index is 498. The summed E-state index contributed by atoms with van der Waals surface area (Å²) in [7, 11) is 0. The van der Waals surface area contributed by atoms with Crippen molar-refractivity contribution in [2.45, 2.75) is 46.1 Å². The number of hydrogen-bond acceptors (Lipinski definition) is 3. The molecule has 4 nitrogen and oxygen atoms in total. The van der Waals surface area contributed by atoms with E-state index in [1.807, 2.05) is 13.8 Å². The second-order valence-electron chi connectivity index (χ2n) is 5.84. The lowest BCUT2D eigenvalue weighted by atomic mass is 9.88. The van der Waals surface area contributed by atoms with Crippen molar-refractivity contribution < 1.29 is 14.7 Å². The number of imide groups is 1. The van der Waals surface area contributed by atoms with Crippen LogP contribution in [0.25, 0.3) is 0 Å². The molecule has 0 radical (unpaired) electrons. The molecule has 1 aliphatic heterocycles. The molecule has 22 heavy (non-hydrogen) atoms. The smallest absolute Gasteiger partial charge is 0.261 e. The van der Waals surface area contributed by atoms with E-state index in [1.54, 1.807) is 24.3 Å². The molecule has 1 saturated carbocycles. The van der Waals surface area contributed by atoms with Gasteiger partial charge in [-0.15, -0.1) is 0 Å². The van der Waals surface area contributed by atoms with Crippen molar-refractivity contribution in [3.63, 3.8) is 0 Å². The molecule has 1 aliphatic carbocycles. The maximum absolute atomic E-state index is 11.8. The highest BCUT2D eigenvalue weighted by molar-refractivity contribution is 6.21. The fraction of sp³-hybridized carbons (Fsp3) is 0.444. The number of nitrogens with zero attached hydrogens (tertiary/aromatic N) is 1. The average molecular weight is 303 g/mol. The third-order valence-electron chi connectivity index (χ3n) is 3.74. The lowest BCUT2D eigenvalue weighted by Gasteiger charge is -2.18. The molecule has 1 aromatic carbocycles. The Morgan fingerprint density at radius 1 is 1.18 bits per heavy atom. The minimum Gasteiger partial charge on any atom is -0.516 e. The van der Waals surface area contributed by atoms with Crippen LogP contribution >= 0.6 is 0 Å². The first-order valence-corrected chi connectivity index (χ1v) is 7.66. The Morgan fingerprint density at radius 3 is 1.77 bits per heavy atom. The quantitative estimate of drug-likeness (QED) is 0.625. The van der Waals surface area contributed by atoms with E-state index in [0.29, 0.717) is 11.1 Å². The summed E-state index contributed by atoms with van der Waals surface area (Å²) < 4.78 is 0. The molecule has 0 spiro atoms. The summed E-state index contributed by atoms with van der Waals surface area (Å²) in [6.45, 7) is 8.90. The molecule has 1 N–H and O–H groups in total. The Labute approximate surface area is 132 Å². The third kappa shape index (κ3) is 4.20. The van der Waals surface area contributed by atoms with Crippen molar-refractivity contribution in [1.82, 2.24) is 4.90 Å². The van der Waals surface area contributed by atoms with Crippen LogP contribution in [0.15, 0.2) is 37.1 Å². The molecule has 120 valence electrons. The van der Waals surface area contributed by atoms with Crippen LogP contribution in [0.3, 0.4) is 0 Å². The number of fused-ring (bicyclic) bond motifs is 1. The van der Waals surface area contributed by atoms with Gasteiger partial charge in [-0.3, -0.25) is 14.5 Å². The number of aliphatic hydroxyl groups is 1. The molecule has 0 bridgehead atoms. The van der Waals surface area contributed by atoms with Gasteiger partial charge < -0.3 is 5.11 Å². The average Bonchev–Trinajstić information content (AvgIpc) is 2.71. The summed E-state index contributed by atoms with van der Waals surface area (Å²) in [5, 5.41) is 7.33. The van der Waals surface area contributed by atoms with E-state index in [1.165, 1.54) is 24.2 Å². The molecule has 2 amide bonds. The summed E-state index contributed by atoms with van der Waals surface area (Å²) in [6, 6.07) is 6.85. The predicted octanol–water partition coefficient (Wildman–Crippen LogP) is 4.19. The first-order chi connectivity index (χ1) is 10.4. The summed E-state index contributed by atoms with van der Waals surface area (Å²) in [4.78, 5) is 24.8. The Kier molecular flexibility index (Phi) is 6.83. The largest absolute Gasteiger partial charge is 0.516 e. The maximum atomic E-state index is 11.8. The minimum absolute atomic E-state index is 0.0811. The topological polar surface area (TPSA) is 57.6 Å². The fourth-order valence-corrected chi connectivity index (χ4v) is 2.29. The van der Waals surface area contributed by atoms with Gasteiger partial charge in [-0.25, -0.2) is 0 Å². The summed E-state index contributed by atoms with van der Waals surface area (Å²) in [6.07, 6.45) is 5.21. The van der Waals surface area contributed by atoms with Crippen LogP contribution in [0.1, 0.15) is 60.7 Å². The van der Waals surface area contributed by atoms with Crippen LogP contribution in [0.2, 0.25) is 0 Å². The Hall–Kier alpha value is -2.10. The first kappa shape index (κ1) is 18.0. The zero-order valence-electron chi connectivity index (χ0n) is 13.6. The maximum Gasteiger partial charge on any atom is 0.261 e. The van der Waals surface area contributed by atoms with E-state index >= 15 is 0 Å². The van der Waals surface area contributed by atoms with Gasteiger partial charge in [-0.05, 0) is 31.9 Å². The molecule has 1 heterocycles. The molecule has 1 fully saturated rings. The van der Waals surface area contributed by atoms with Crippen LogP contribution in [0.5, 0.6) is 0 Å². The predicted molar refractivity (Wildman–Crippen MR) is 87.9 cm³/mol. The van der Waals surface area contributed by atoms with Crippen LogP contribution in [-0.2, 0) is 0 Å². The number of aliphatic hydroxyl groups excluding tert-OH is 1. The summed E-state index contributed by atoms with van der Waals surface area (Å²) >= 11 is 0. The normalized spacial score (nSPS) is 16.1. The van der Waals surface area contributed by atoms with Crippen LogP contribution in [0.4, 0.5) is 0 Å². The highest BCUT2D eigenvalue weighted by Gasteiger charge is 2.36. The standard InChI is InChI=1S/C11H11NO2.C5H10.C2H4O/c1-7(2)12-10(13)8-5-3-4-6-9(8)11(12)14;1-5-3-2-4-5;1-2-3/h3-7H,1-2H3;5H,2-4H2,1H3;2-3H,1H2. The highest BCUT2D eigenvalue weighted by Crippen LogP contribution is 2.24. The summed E-state index contributed by atoms with van der Waals surface area (Å²) in [5.74, 6) is 0.705. The highest BCUT2D eigenvalue weighted by atomic mass is 16.2. The van der Waals surface area contributed by atoms with Gasteiger partial charge in [0.15, 0.2) is 0 Å². The van der Waals surface area contributed by atoms with Crippen molar-refractivity contribution in [3.05, 3.63) is 48.2 Å². The Morgan fingerprint density at radius 2 is 1.55 bits per heavy atom. The number of amides is 2. The van der Waals surface area contributed by atoms with Gasteiger partial charge in [0.1, 0.15) is 0 Å². The van der Waals surface area contributed by atoms with Crippen LogP contribution in [0, 0.1) is 5.92 Å². The van der Waals surface area contributed by atoms with E-state index in [-0.39, 0.29) is 17.9 Å². The second kappa shape index (κ2) is 8.37. The number of benzene rings is 1. The van der Waals surface area contributed by atoms with Gasteiger partial charge in [0.05, 0.1) is 17.4 Å². The third-order valence-corrected chi connectivity index (χ3v) is 3.74. The van der Waals surface area contributed by atoms with Crippen molar-refractivity contribution in [3.8, 4) is 0 Å². The molecule has 0 saturated heterocycles. The molecule has 3 rings (SSSR count). The van der Waals surface area contributed by atoms with Crippen molar-refractivity contribution in [1.29, 1.82) is 0 Å². The molecule has 0 aromatic heterocycles. The molecule has 0 atom stereocenters. The van der Waals surface area contributed by atoms with Gasteiger partial charge in [0, 0.05) is 6.04 Å². The van der Waals surface area contributed by atoms with E-state index < -0.39 is 0 Å². The van der Waals surface area contributed by atoms with Gasteiger partial charge >= 0.3 is 0 Å².